The Morgan fingerprint density at radius 2 is 1.52 bits per heavy atom. The Morgan fingerprint density at radius 3 is 2.23 bits per heavy atom. The molecule has 4 aromatic rings. The molecule has 40 heavy (non-hydrogen) atoms. The second kappa shape index (κ2) is 10.4. The summed E-state index contributed by atoms with van der Waals surface area (Å²) in [4.78, 5) is 42.7. The number of hydrogen-bond donors (Lipinski definition) is 0. The van der Waals surface area contributed by atoms with Crippen molar-refractivity contribution >= 4 is 62.4 Å². The van der Waals surface area contributed by atoms with E-state index >= 15 is 0 Å². The maximum Gasteiger partial charge on any atom is 0.269 e. The van der Waals surface area contributed by atoms with Crippen molar-refractivity contribution in [3.8, 4) is 0 Å². The van der Waals surface area contributed by atoms with Gasteiger partial charge in [-0.05, 0) is 47.5 Å². The van der Waals surface area contributed by atoms with Gasteiger partial charge in [-0.2, -0.15) is 0 Å². The van der Waals surface area contributed by atoms with E-state index in [9.17, 15) is 19.7 Å². The van der Waals surface area contributed by atoms with Crippen LogP contribution in [0.2, 0.25) is 0 Å². The SMILES string of the molecule is O=C(c1ccc([N+](=O)[O-])cc1)C1(CSc2ccccc2)C(=O)N2C=Cc3ccccc3C2=C1c1ccccc1Br. The summed E-state index contributed by atoms with van der Waals surface area (Å²) in [6.07, 6.45) is 3.61. The minimum Gasteiger partial charge on any atom is -0.293 e. The first-order chi connectivity index (χ1) is 19.4. The summed E-state index contributed by atoms with van der Waals surface area (Å²) >= 11 is 5.12. The molecule has 1 atom stereocenters. The predicted octanol–water partition coefficient (Wildman–Crippen LogP) is 7.71. The summed E-state index contributed by atoms with van der Waals surface area (Å²) in [5.74, 6) is -0.627. The lowest BCUT2D eigenvalue weighted by molar-refractivity contribution is -0.384. The van der Waals surface area contributed by atoms with E-state index in [0.717, 1.165) is 26.1 Å². The van der Waals surface area contributed by atoms with Gasteiger partial charge in [-0.1, -0.05) is 76.6 Å². The Balaban J connectivity index is 1.64. The Labute approximate surface area is 243 Å². The third-order valence-corrected chi connectivity index (χ3v) is 9.05. The number of Topliss-reactive ketones (excluding diaryl/α,β-unsaturated/α-hetero) is 1. The van der Waals surface area contributed by atoms with Crippen LogP contribution in [0.4, 0.5) is 5.69 Å². The lowest BCUT2D eigenvalue weighted by Gasteiger charge is -2.30. The lowest BCUT2D eigenvalue weighted by atomic mass is 9.73. The average Bonchev–Trinajstić information content (AvgIpc) is 3.25. The van der Waals surface area contributed by atoms with Crippen LogP contribution in [0.5, 0.6) is 0 Å². The van der Waals surface area contributed by atoms with Crippen molar-refractivity contribution in [1.82, 2.24) is 4.90 Å². The molecule has 0 fully saturated rings. The molecule has 2 heterocycles. The zero-order chi connectivity index (χ0) is 27.9. The molecule has 1 unspecified atom stereocenters. The Kier molecular flexibility index (Phi) is 6.73. The number of non-ortho nitro benzene ring substituents is 1. The predicted molar refractivity (Wildman–Crippen MR) is 160 cm³/mol. The molecule has 0 aromatic heterocycles. The van der Waals surface area contributed by atoms with Crippen LogP contribution in [0.15, 0.2) is 119 Å². The lowest BCUT2D eigenvalue weighted by Crippen LogP contribution is -2.44. The van der Waals surface area contributed by atoms with Crippen LogP contribution in [-0.4, -0.2) is 27.3 Å². The van der Waals surface area contributed by atoms with E-state index in [4.69, 9.17) is 0 Å². The zero-order valence-electron chi connectivity index (χ0n) is 21.0. The number of nitro groups is 1. The highest BCUT2D eigenvalue weighted by atomic mass is 79.9. The first-order valence-electron chi connectivity index (χ1n) is 12.5. The number of nitro benzene ring substituents is 1. The van der Waals surface area contributed by atoms with Gasteiger partial charge in [0.15, 0.2) is 5.78 Å². The number of carbonyl (C=O) groups excluding carboxylic acids is 2. The summed E-state index contributed by atoms with van der Waals surface area (Å²) in [7, 11) is 0. The number of nitrogens with zero attached hydrogens (tertiary/aromatic N) is 2. The Hall–Kier alpha value is -4.27. The molecular formula is C32H21BrN2O4S. The van der Waals surface area contributed by atoms with E-state index in [1.807, 2.05) is 84.9 Å². The highest BCUT2D eigenvalue weighted by Crippen LogP contribution is 2.56. The Bertz CT molecular complexity index is 1730. The van der Waals surface area contributed by atoms with Crippen LogP contribution in [0.25, 0.3) is 17.3 Å². The van der Waals surface area contributed by atoms with E-state index < -0.39 is 16.1 Å². The summed E-state index contributed by atoms with van der Waals surface area (Å²) < 4.78 is 0.754. The van der Waals surface area contributed by atoms with Crippen molar-refractivity contribution in [2.75, 3.05) is 5.75 Å². The van der Waals surface area contributed by atoms with Crippen molar-refractivity contribution in [2.45, 2.75) is 4.90 Å². The van der Waals surface area contributed by atoms with Crippen molar-refractivity contribution in [2.24, 2.45) is 5.41 Å². The molecule has 0 spiro atoms. The van der Waals surface area contributed by atoms with Gasteiger partial charge in [-0.15, -0.1) is 11.8 Å². The van der Waals surface area contributed by atoms with Gasteiger partial charge in [0.1, 0.15) is 5.41 Å². The number of ketones is 1. The van der Waals surface area contributed by atoms with Crippen LogP contribution in [0.3, 0.4) is 0 Å². The third-order valence-electron chi connectivity index (χ3n) is 7.18. The second-order valence-electron chi connectivity index (χ2n) is 9.42. The molecule has 196 valence electrons. The first-order valence-corrected chi connectivity index (χ1v) is 14.3. The monoisotopic (exact) mass is 608 g/mol. The smallest absolute Gasteiger partial charge is 0.269 e. The molecule has 2 aliphatic rings. The van der Waals surface area contributed by atoms with E-state index in [2.05, 4.69) is 15.9 Å². The van der Waals surface area contributed by atoms with Gasteiger partial charge in [0.05, 0.1) is 10.6 Å². The van der Waals surface area contributed by atoms with Crippen molar-refractivity contribution in [3.05, 3.63) is 146 Å². The number of hydrogen-bond acceptors (Lipinski definition) is 5. The van der Waals surface area contributed by atoms with Gasteiger partial charge in [0.2, 0.25) is 0 Å². The van der Waals surface area contributed by atoms with E-state index in [-0.39, 0.29) is 22.9 Å². The van der Waals surface area contributed by atoms with Gasteiger partial charge in [0.25, 0.3) is 11.6 Å². The summed E-state index contributed by atoms with van der Waals surface area (Å²) in [5, 5.41) is 11.3. The summed E-state index contributed by atoms with van der Waals surface area (Å²) in [6, 6.07) is 30.5. The zero-order valence-corrected chi connectivity index (χ0v) is 23.4. The van der Waals surface area contributed by atoms with Crippen molar-refractivity contribution in [1.29, 1.82) is 0 Å². The maximum atomic E-state index is 14.7. The van der Waals surface area contributed by atoms with Crippen LogP contribution in [0, 0.1) is 15.5 Å². The number of thioether (sulfide) groups is 1. The highest BCUT2D eigenvalue weighted by molar-refractivity contribution is 9.10. The van der Waals surface area contributed by atoms with E-state index in [0.29, 0.717) is 11.3 Å². The average molecular weight is 610 g/mol. The minimum absolute atomic E-state index is 0.124. The standard InChI is InChI=1S/C32H21BrN2O4S/c33-27-13-7-6-12-26(27)28-29-25-11-5-4-8-21(25)18-19-34(29)31(37)32(28,20-40-24-9-2-1-3-10-24)30(36)22-14-16-23(17-15-22)35(38)39/h1-19H,20H2. The van der Waals surface area contributed by atoms with Gasteiger partial charge in [-0.3, -0.25) is 24.6 Å². The van der Waals surface area contributed by atoms with Gasteiger partial charge in [-0.25, -0.2) is 0 Å². The number of carbonyl (C=O) groups is 2. The fraction of sp³-hybridized carbons (Fsp3) is 0.0625. The number of amides is 1. The molecule has 1 amide bonds. The van der Waals surface area contributed by atoms with Crippen molar-refractivity contribution < 1.29 is 14.5 Å². The quantitative estimate of drug-likeness (QED) is 0.0705. The molecule has 0 N–H and O–H groups in total. The fourth-order valence-electron chi connectivity index (χ4n) is 5.28. The largest absolute Gasteiger partial charge is 0.293 e. The number of fused-ring (bicyclic) bond motifs is 3. The normalized spacial score (nSPS) is 17.5. The summed E-state index contributed by atoms with van der Waals surface area (Å²) in [5.41, 5.74) is 2.30. The minimum atomic E-state index is -1.61. The second-order valence-corrected chi connectivity index (χ2v) is 11.3. The molecule has 6 rings (SSSR count). The number of benzene rings is 4. The van der Waals surface area contributed by atoms with E-state index in [1.165, 1.54) is 36.0 Å². The topological polar surface area (TPSA) is 80.5 Å². The molecular weight excluding hydrogens is 588 g/mol. The van der Waals surface area contributed by atoms with Gasteiger partial charge >= 0.3 is 0 Å². The van der Waals surface area contributed by atoms with Crippen LogP contribution >= 0.6 is 27.7 Å². The maximum absolute atomic E-state index is 14.7. The number of rotatable bonds is 7. The number of halogens is 1. The molecule has 4 aromatic carbocycles. The Morgan fingerprint density at radius 1 is 0.875 bits per heavy atom. The molecule has 0 aliphatic carbocycles. The molecule has 0 saturated heterocycles. The van der Waals surface area contributed by atoms with Crippen LogP contribution in [0.1, 0.15) is 27.0 Å². The van der Waals surface area contributed by atoms with Crippen LogP contribution in [-0.2, 0) is 4.79 Å². The molecule has 0 saturated carbocycles. The third kappa shape index (κ3) is 4.20. The molecule has 2 aliphatic heterocycles. The van der Waals surface area contributed by atoms with Crippen molar-refractivity contribution in [3.63, 3.8) is 0 Å². The molecule has 6 nitrogen and oxygen atoms in total. The fourth-order valence-corrected chi connectivity index (χ4v) is 6.89. The molecule has 0 radical (unpaired) electrons. The molecule has 8 heteroatoms. The highest BCUT2D eigenvalue weighted by Gasteiger charge is 2.58. The van der Waals surface area contributed by atoms with Crippen LogP contribution < -0.4 is 0 Å². The summed E-state index contributed by atoms with van der Waals surface area (Å²) in [6.45, 7) is 0. The first kappa shape index (κ1) is 26.0. The van der Waals surface area contributed by atoms with Gasteiger partial charge < -0.3 is 0 Å². The van der Waals surface area contributed by atoms with Gasteiger partial charge in [0, 0.05) is 50.2 Å². The molecule has 0 bridgehead atoms. The van der Waals surface area contributed by atoms with E-state index in [1.54, 1.807) is 11.1 Å².